The lowest BCUT2D eigenvalue weighted by Crippen LogP contribution is -2.38. The number of nitrogens with one attached hydrogen (secondary N) is 1. The highest BCUT2D eigenvalue weighted by Gasteiger charge is 2.12. The van der Waals surface area contributed by atoms with E-state index in [4.69, 9.17) is 4.42 Å². The molecule has 0 bridgehead atoms. The topological polar surface area (TPSA) is 62.6 Å². The van der Waals surface area contributed by atoms with Crippen LogP contribution in [0.5, 0.6) is 0 Å². The first-order chi connectivity index (χ1) is 8.15. The number of hydrogen-bond acceptors (Lipinski definition) is 3. The minimum Gasteiger partial charge on any atom is -0.459 e. The van der Waals surface area contributed by atoms with Gasteiger partial charge >= 0.3 is 0 Å². The molecular formula is C12H18N2O3. The van der Waals surface area contributed by atoms with Crippen LogP contribution in [0.1, 0.15) is 30.3 Å². The molecule has 0 aliphatic rings. The second-order valence-corrected chi connectivity index (χ2v) is 3.83. The Balaban J connectivity index is 2.30. The Kier molecular flexibility index (Phi) is 5.26. The summed E-state index contributed by atoms with van der Waals surface area (Å²) in [6.45, 7) is 2.78. The number of carbonyl (C=O) groups excluding carboxylic acids is 2. The minimum absolute atomic E-state index is 0.000250. The molecule has 0 radical (unpaired) electrons. The number of likely N-dealkylation sites (N-methyl/N-ethyl adjacent to an activating group) is 1. The zero-order chi connectivity index (χ0) is 12.7. The van der Waals surface area contributed by atoms with Crippen molar-refractivity contribution in [1.82, 2.24) is 10.2 Å². The molecule has 1 rings (SSSR count). The molecule has 1 N–H and O–H groups in total. The molecule has 0 fully saturated rings. The molecular weight excluding hydrogens is 220 g/mol. The van der Waals surface area contributed by atoms with E-state index in [9.17, 15) is 9.59 Å². The first-order valence-electron chi connectivity index (χ1n) is 5.70. The van der Waals surface area contributed by atoms with Crippen LogP contribution in [0, 0.1) is 0 Å². The fourth-order valence-electron chi connectivity index (χ4n) is 1.31. The lowest BCUT2D eigenvalue weighted by atomic mass is 10.3. The first-order valence-corrected chi connectivity index (χ1v) is 5.70. The molecule has 0 spiro atoms. The molecule has 0 aliphatic heterocycles. The fraction of sp³-hybridized carbons (Fsp3) is 0.500. The standard InChI is InChI=1S/C12H18N2O3/c1-3-4-7-14(2)11(15)9-13-12(16)10-6-5-8-17-10/h5-6,8H,3-4,7,9H2,1-2H3,(H,13,16). The average molecular weight is 238 g/mol. The summed E-state index contributed by atoms with van der Waals surface area (Å²) >= 11 is 0. The number of rotatable bonds is 6. The van der Waals surface area contributed by atoms with Gasteiger partial charge in [0, 0.05) is 13.6 Å². The Morgan fingerprint density at radius 3 is 2.82 bits per heavy atom. The van der Waals surface area contributed by atoms with Crippen molar-refractivity contribution < 1.29 is 14.0 Å². The molecule has 0 aromatic carbocycles. The van der Waals surface area contributed by atoms with Crippen molar-refractivity contribution in [2.45, 2.75) is 19.8 Å². The predicted molar refractivity (Wildman–Crippen MR) is 63.6 cm³/mol. The van der Waals surface area contributed by atoms with Crippen molar-refractivity contribution in [3.05, 3.63) is 24.2 Å². The van der Waals surface area contributed by atoms with Gasteiger partial charge in [0.1, 0.15) is 0 Å². The summed E-state index contributed by atoms with van der Waals surface area (Å²) in [6, 6.07) is 3.19. The van der Waals surface area contributed by atoms with Gasteiger partial charge in [0.05, 0.1) is 12.8 Å². The molecule has 1 heterocycles. The van der Waals surface area contributed by atoms with Gasteiger partial charge in [-0.1, -0.05) is 13.3 Å². The quantitative estimate of drug-likeness (QED) is 0.811. The zero-order valence-corrected chi connectivity index (χ0v) is 10.2. The number of amides is 2. The van der Waals surface area contributed by atoms with Crippen molar-refractivity contribution in [3.8, 4) is 0 Å². The van der Waals surface area contributed by atoms with Crippen LogP contribution in [-0.4, -0.2) is 36.9 Å². The van der Waals surface area contributed by atoms with Gasteiger partial charge in [-0.15, -0.1) is 0 Å². The van der Waals surface area contributed by atoms with E-state index in [2.05, 4.69) is 12.2 Å². The Morgan fingerprint density at radius 1 is 1.47 bits per heavy atom. The molecule has 0 aliphatic carbocycles. The van der Waals surface area contributed by atoms with Crippen molar-refractivity contribution in [2.75, 3.05) is 20.1 Å². The third kappa shape index (κ3) is 4.30. The van der Waals surface area contributed by atoms with Gasteiger partial charge in [0.15, 0.2) is 5.76 Å². The van der Waals surface area contributed by atoms with Crippen molar-refractivity contribution in [1.29, 1.82) is 0 Å². The molecule has 0 saturated heterocycles. The van der Waals surface area contributed by atoms with Gasteiger partial charge < -0.3 is 14.6 Å². The number of carbonyl (C=O) groups is 2. The van der Waals surface area contributed by atoms with Gasteiger partial charge in [0.25, 0.3) is 5.91 Å². The zero-order valence-electron chi connectivity index (χ0n) is 10.2. The molecule has 1 aromatic rings. The van der Waals surface area contributed by atoms with Crippen LogP contribution in [-0.2, 0) is 4.79 Å². The highest BCUT2D eigenvalue weighted by molar-refractivity contribution is 5.94. The molecule has 17 heavy (non-hydrogen) atoms. The number of hydrogen-bond donors (Lipinski definition) is 1. The molecule has 0 atom stereocenters. The summed E-state index contributed by atoms with van der Waals surface area (Å²) in [7, 11) is 1.73. The average Bonchev–Trinajstić information content (AvgIpc) is 2.86. The molecule has 0 unspecified atom stereocenters. The van der Waals surface area contributed by atoms with Gasteiger partial charge in [-0.25, -0.2) is 0 Å². The lowest BCUT2D eigenvalue weighted by molar-refractivity contribution is -0.128. The maximum atomic E-state index is 11.6. The minimum atomic E-state index is -0.368. The smallest absolute Gasteiger partial charge is 0.287 e. The summed E-state index contributed by atoms with van der Waals surface area (Å²) in [5, 5.41) is 2.52. The summed E-state index contributed by atoms with van der Waals surface area (Å²) in [6.07, 6.45) is 3.43. The van der Waals surface area contributed by atoms with Gasteiger partial charge in [-0.2, -0.15) is 0 Å². The van der Waals surface area contributed by atoms with E-state index in [1.165, 1.54) is 6.26 Å². The van der Waals surface area contributed by atoms with Crippen LogP contribution in [0.4, 0.5) is 0 Å². The lowest BCUT2D eigenvalue weighted by Gasteiger charge is -2.16. The molecule has 94 valence electrons. The Morgan fingerprint density at radius 2 is 2.24 bits per heavy atom. The summed E-state index contributed by atoms with van der Waals surface area (Å²) in [4.78, 5) is 24.7. The van der Waals surface area contributed by atoms with Crippen molar-refractivity contribution >= 4 is 11.8 Å². The van der Waals surface area contributed by atoms with Crippen LogP contribution in [0.3, 0.4) is 0 Å². The van der Waals surface area contributed by atoms with Crippen LogP contribution in [0.25, 0.3) is 0 Å². The summed E-state index contributed by atoms with van der Waals surface area (Å²) in [5.74, 6) is -0.250. The summed E-state index contributed by atoms with van der Waals surface area (Å²) in [5.41, 5.74) is 0. The second kappa shape index (κ2) is 6.73. The van der Waals surface area contributed by atoms with E-state index >= 15 is 0 Å². The molecule has 2 amide bonds. The number of furan rings is 1. The van der Waals surface area contributed by atoms with E-state index in [1.54, 1.807) is 24.1 Å². The Hall–Kier alpha value is -1.78. The van der Waals surface area contributed by atoms with Crippen molar-refractivity contribution in [3.63, 3.8) is 0 Å². The predicted octanol–water partition coefficient (Wildman–Crippen LogP) is 1.27. The molecule has 5 nitrogen and oxygen atoms in total. The molecule has 5 heteroatoms. The van der Waals surface area contributed by atoms with E-state index in [0.29, 0.717) is 6.54 Å². The van der Waals surface area contributed by atoms with Crippen LogP contribution in [0.15, 0.2) is 22.8 Å². The first kappa shape index (κ1) is 13.3. The maximum absolute atomic E-state index is 11.6. The van der Waals surface area contributed by atoms with E-state index in [1.807, 2.05) is 0 Å². The fourth-order valence-corrected chi connectivity index (χ4v) is 1.31. The monoisotopic (exact) mass is 238 g/mol. The van der Waals surface area contributed by atoms with Gasteiger partial charge in [-0.3, -0.25) is 9.59 Å². The highest BCUT2D eigenvalue weighted by atomic mass is 16.3. The van der Waals surface area contributed by atoms with E-state index in [-0.39, 0.29) is 24.1 Å². The maximum Gasteiger partial charge on any atom is 0.287 e. The number of unbranched alkanes of at least 4 members (excludes halogenated alkanes) is 1. The SMILES string of the molecule is CCCCN(C)C(=O)CNC(=O)c1ccco1. The van der Waals surface area contributed by atoms with Gasteiger partial charge in [-0.05, 0) is 18.6 Å². The Bertz CT molecular complexity index is 360. The van der Waals surface area contributed by atoms with Crippen LogP contribution < -0.4 is 5.32 Å². The van der Waals surface area contributed by atoms with Crippen molar-refractivity contribution in [2.24, 2.45) is 0 Å². The van der Waals surface area contributed by atoms with E-state index in [0.717, 1.165) is 12.8 Å². The normalized spacial score (nSPS) is 10.0. The summed E-state index contributed by atoms with van der Waals surface area (Å²) < 4.78 is 4.92. The largest absolute Gasteiger partial charge is 0.459 e. The van der Waals surface area contributed by atoms with Crippen LogP contribution in [0.2, 0.25) is 0 Å². The molecule has 0 saturated carbocycles. The number of nitrogens with zero attached hydrogens (tertiary/aromatic N) is 1. The van der Waals surface area contributed by atoms with Crippen LogP contribution >= 0.6 is 0 Å². The second-order valence-electron chi connectivity index (χ2n) is 3.83. The van der Waals surface area contributed by atoms with E-state index < -0.39 is 0 Å². The highest BCUT2D eigenvalue weighted by Crippen LogP contribution is 1.99. The third-order valence-corrected chi connectivity index (χ3v) is 2.42. The molecule has 1 aromatic heterocycles. The van der Waals surface area contributed by atoms with Gasteiger partial charge in [0.2, 0.25) is 5.91 Å². The Labute approximate surface area is 101 Å². The third-order valence-electron chi connectivity index (χ3n) is 2.42.